The fourth-order valence-corrected chi connectivity index (χ4v) is 3.43. The van der Waals surface area contributed by atoms with E-state index in [1.165, 1.54) is 11.8 Å². The number of carbonyl (C=O) groups excluding carboxylic acids is 1. The molecule has 0 bridgehead atoms. The van der Waals surface area contributed by atoms with Gasteiger partial charge in [0.15, 0.2) is 5.16 Å². The molecule has 1 aromatic heterocycles. The molecule has 1 amide bonds. The molecule has 0 saturated heterocycles. The van der Waals surface area contributed by atoms with Gasteiger partial charge in [0.1, 0.15) is 0 Å². The molecule has 0 aliphatic carbocycles. The standard InChI is InChI=1S/C20H21N3O2S/c1-13-15(19(25)22-20(21-13)26-3)11-12-18(24)23(2)17-10-6-8-14-7-4-5-9-16(14)17/h4-10H,11-12H2,1-3H3,(H,21,22,25). The van der Waals surface area contributed by atoms with Crippen molar-refractivity contribution in [2.45, 2.75) is 24.9 Å². The summed E-state index contributed by atoms with van der Waals surface area (Å²) in [7, 11) is 1.77. The highest BCUT2D eigenvalue weighted by Crippen LogP contribution is 2.26. The molecular weight excluding hydrogens is 346 g/mol. The number of anilines is 1. The molecule has 0 aliphatic rings. The lowest BCUT2D eigenvalue weighted by molar-refractivity contribution is -0.118. The summed E-state index contributed by atoms with van der Waals surface area (Å²) in [6, 6.07) is 13.9. The quantitative estimate of drug-likeness (QED) is 0.553. The fourth-order valence-electron chi connectivity index (χ4n) is 3.01. The van der Waals surface area contributed by atoms with Crippen molar-refractivity contribution in [3.8, 4) is 0 Å². The van der Waals surface area contributed by atoms with E-state index in [0.29, 0.717) is 22.8 Å². The summed E-state index contributed by atoms with van der Waals surface area (Å²) in [5, 5.41) is 2.72. The third kappa shape index (κ3) is 3.65. The number of nitrogens with one attached hydrogen (secondary N) is 1. The van der Waals surface area contributed by atoms with Crippen LogP contribution in [0.25, 0.3) is 10.8 Å². The Kier molecular flexibility index (Phi) is 5.42. The number of hydrogen-bond donors (Lipinski definition) is 1. The Labute approximate surface area is 156 Å². The number of nitrogens with zero attached hydrogens (tertiary/aromatic N) is 2. The molecule has 6 heteroatoms. The minimum atomic E-state index is -0.164. The maximum Gasteiger partial charge on any atom is 0.254 e. The van der Waals surface area contributed by atoms with Gasteiger partial charge in [-0.3, -0.25) is 9.59 Å². The monoisotopic (exact) mass is 367 g/mol. The van der Waals surface area contributed by atoms with Gasteiger partial charge in [0, 0.05) is 30.1 Å². The average molecular weight is 367 g/mol. The lowest BCUT2D eigenvalue weighted by Crippen LogP contribution is -2.28. The van der Waals surface area contributed by atoms with Crippen LogP contribution in [-0.4, -0.2) is 29.2 Å². The van der Waals surface area contributed by atoms with E-state index < -0.39 is 0 Å². The Morgan fingerprint density at radius 3 is 2.65 bits per heavy atom. The second-order valence-electron chi connectivity index (χ2n) is 6.09. The van der Waals surface area contributed by atoms with E-state index >= 15 is 0 Å². The zero-order valence-corrected chi connectivity index (χ0v) is 15.9. The van der Waals surface area contributed by atoms with Gasteiger partial charge in [0.25, 0.3) is 5.56 Å². The van der Waals surface area contributed by atoms with Crippen molar-refractivity contribution in [2.24, 2.45) is 0 Å². The number of amides is 1. The van der Waals surface area contributed by atoms with E-state index in [2.05, 4.69) is 9.97 Å². The van der Waals surface area contributed by atoms with Crippen LogP contribution in [0, 0.1) is 6.92 Å². The maximum absolute atomic E-state index is 12.7. The van der Waals surface area contributed by atoms with Crippen LogP contribution in [0.5, 0.6) is 0 Å². The number of thioether (sulfide) groups is 1. The number of fused-ring (bicyclic) bond motifs is 1. The molecular formula is C20H21N3O2S. The molecule has 134 valence electrons. The summed E-state index contributed by atoms with van der Waals surface area (Å²) in [5.74, 6) is -0.0332. The van der Waals surface area contributed by atoms with Gasteiger partial charge in [0.2, 0.25) is 5.91 Å². The minimum Gasteiger partial charge on any atom is -0.315 e. The van der Waals surface area contributed by atoms with E-state index in [1.54, 1.807) is 11.9 Å². The van der Waals surface area contributed by atoms with E-state index in [-0.39, 0.29) is 17.9 Å². The summed E-state index contributed by atoms with van der Waals surface area (Å²) in [6.45, 7) is 1.81. The zero-order chi connectivity index (χ0) is 18.7. The van der Waals surface area contributed by atoms with Crippen LogP contribution in [-0.2, 0) is 11.2 Å². The molecule has 0 spiro atoms. The summed E-state index contributed by atoms with van der Waals surface area (Å²) in [6.07, 6.45) is 2.49. The van der Waals surface area contributed by atoms with E-state index in [1.807, 2.05) is 55.6 Å². The molecule has 1 heterocycles. The first-order valence-electron chi connectivity index (χ1n) is 8.39. The number of aromatic amines is 1. The van der Waals surface area contributed by atoms with Crippen molar-refractivity contribution < 1.29 is 4.79 Å². The summed E-state index contributed by atoms with van der Waals surface area (Å²) in [5.41, 5.74) is 1.96. The van der Waals surface area contributed by atoms with E-state index in [4.69, 9.17) is 0 Å². The van der Waals surface area contributed by atoms with Gasteiger partial charge in [-0.05, 0) is 31.1 Å². The highest BCUT2D eigenvalue weighted by molar-refractivity contribution is 7.98. The highest BCUT2D eigenvalue weighted by atomic mass is 32.2. The van der Waals surface area contributed by atoms with Crippen LogP contribution >= 0.6 is 11.8 Å². The third-order valence-corrected chi connectivity index (χ3v) is 5.06. The number of carbonyl (C=O) groups is 1. The summed E-state index contributed by atoms with van der Waals surface area (Å²) in [4.78, 5) is 33.7. The smallest absolute Gasteiger partial charge is 0.254 e. The first-order valence-corrected chi connectivity index (χ1v) is 9.62. The van der Waals surface area contributed by atoms with Gasteiger partial charge in [-0.15, -0.1) is 0 Å². The van der Waals surface area contributed by atoms with Crippen LogP contribution in [0.4, 0.5) is 5.69 Å². The molecule has 5 nitrogen and oxygen atoms in total. The minimum absolute atomic E-state index is 0.0332. The van der Waals surface area contributed by atoms with Gasteiger partial charge in [-0.2, -0.15) is 0 Å². The zero-order valence-electron chi connectivity index (χ0n) is 15.1. The van der Waals surface area contributed by atoms with Crippen LogP contribution in [0.2, 0.25) is 0 Å². The number of benzene rings is 2. The topological polar surface area (TPSA) is 66.1 Å². The fraction of sp³-hybridized carbons (Fsp3) is 0.250. The Bertz CT molecular complexity index is 1010. The lowest BCUT2D eigenvalue weighted by Gasteiger charge is -2.19. The molecule has 0 radical (unpaired) electrons. The van der Waals surface area contributed by atoms with Crippen molar-refractivity contribution in [1.29, 1.82) is 0 Å². The summed E-state index contributed by atoms with van der Waals surface area (Å²) >= 11 is 1.39. The largest absolute Gasteiger partial charge is 0.315 e. The van der Waals surface area contributed by atoms with E-state index in [9.17, 15) is 9.59 Å². The first kappa shape index (κ1) is 18.2. The number of hydrogen-bond acceptors (Lipinski definition) is 4. The average Bonchev–Trinajstić information content (AvgIpc) is 2.65. The SMILES string of the molecule is CSc1nc(C)c(CCC(=O)N(C)c2cccc3ccccc23)c(=O)[nH]1. The van der Waals surface area contributed by atoms with Gasteiger partial charge in [0.05, 0.1) is 5.69 Å². The molecule has 1 N–H and O–H groups in total. The Balaban J connectivity index is 1.79. The molecule has 0 saturated carbocycles. The summed E-state index contributed by atoms with van der Waals surface area (Å²) < 4.78 is 0. The molecule has 0 unspecified atom stereocenters. The van der Waals surface area contributed by atoms with Crippen LogP contribution < -0.4 is 10.5 Å². The predicted octanol–water partition coefficient (Wildman–Crippen LogP) is 3.55. The molecule has 3 rings (SSSR count). The van der Waals surface area contributed by atoms with Gasteiger partial charge in [-0.25, -0.2) is 4.98 Å². The van der Waals surface area contributed by atoms with Crippen LogP contribution in [0.3, 0.4) is 0 Å². The van der Waals surface area contributed by atoms with Gasteiger partial charge < -0.3 is 9.88 Å². The second kappa shape index (κ2) is 7.74. The second-order valence-corrected chi connectivity index (χ2v) is 6.89. The first-order chi connectivity index (χ1) is 12.5. The predicted molar refractivity (Wildman–Crippen MR) is 107 cm³/mol. The Morgan fingerprint density at radius 2 is 1.92 bits per heavy atom. The molecule has 26 heavy (non-hydrogen) atoms. The number of aromatic nitrogens is 2. The maximum atomic E-state index is 12.7. The van der Waals surface area contributed by atoms with Crippen LogP contribution in [0.1, 0.15) is 17.7 Å². The van der Waals surface area contributed by atoms with Crippen molar-refractivity contribution >= 4 is 34.1 Å². The van der Waals surface area contributed by atoms with Crippen molar-refractivity contribution in [2.75, 3.05) is 18.2 Å². The molecule has 0 aliphatic heterocycles. The molecule has 0 atom stereocenters. The van der Waals surface area contributed by atoms with Crippen molar-refractivity contribution in [3.63, 3.8) is 0 Å². The van der Waals surface area contributed by atoms with Gasteiger partial charge >= 0.3 is 0 Å². The number of aryl methyl sites for hydroxylation is 1. The Hall–Kier alpha value is -2.60. The van der Waals surface area contributed by atoms with Crippen LogP contribution in [0.15, 0.2) is 52.4 Å². The van der Waals surface area contributed by atoms with Crippen molar-refractivity contribution in [1.82, 2.24) is 9.97 Å². The molecule has 2 aromatic carbocycles. The number of H-pyrrole nitrogens is 1. The molecule has 0 fully saturated rings. The third-order valence-electron chi connectivity index (χ3n) is 4.48. The lowest BCUT2D eigenvalue weighted by atomic mass is 10.1. The Morgan fingerprint density at radius 1 is 1.19 bits per heavy atom. The number of rotatable bonds is 5. The normalized spacial score (nSPS) is 10.9. The van der Waals surface area contributed by atoms with E-state index in [0.717, 1.165) is 16.5 Å². The van der Waals surface area contributed by atoms with Gasteiger partial charge in [-0.1, -0.05) is 48.2 Å². The molecule has 3 aromatic rings. The van der Waals surface area contributed by atoms with Crippen molar-refractivity contribution in [3.05, 3.63) is 64.1 Å². The highest BCUT2D eigenvalue weighted by Gasteiger charge is 2.16.